The first kappa shape index (κ1) is 62.0. The van der Waals surface area contributed by atoms with Crippen molar-refractivity contribution in [2.75, 3.05) is 72.3 Å². The summed E-state index contributed by atoms with van der Waals surface area (Å²) in [5.41, 5.74) is 0.678. The molecule has 0 spiro atoms. The van der Waals surface area contributed by atoms with Crippen LogP contribution in [0.3, 0.4) is 0 Å². The maximum absolute atomic E-state index is 13.8. The molecule has 0 saturated carbocycles. The molecule has 4 aromatic rings. The normalized spacial score (nSPS) is 12.2. The number of ketones is 4. The molecule has 0 bridgehead atoms. The standard InChI is InChI=1S/C34H46N6O8.C20H16Cl2N2O4.CH4/c1-33(2,3)47-31(45)37-19-17-35-15-13-25(41)39-23-11-7-9-21-27(23)30(44)28-22(29(21)43)10-8-12-24(28)40-26(42)14-16-36-18-20-38-32(46)48-34(4,5)6;21-9-7-15(25)23-13-5-1-3-11-17(13)20(28)18-12(19(11)27)4-2-6-14(18)24-16(26)8-10-22;/h7-12,35-36H,13-20H2,1-6H3,(H,37,45)(H,38,46)(H,39,41)(H,40,42);1-6H,7-10H2,(H,23,25)(H,24,26);1H4. The van der Waals surface area contributed by atoms with Crippen molar-refractivity contribution in [3.05, 3.63) is 117 Å². The van der Waals surface area contributed by atoms with E-state index in [0.717, 1.165) is 0 Å². The van der Waals surface area contributed by atoms with Gasteiger partial charge in [-0.2, -0.15) is 0 Å². The first-order valence-electron chi connectivity index (χ1n) is 24.4. The van der Waals surface area contributed by atoms with Gasteiger partial charge in [0, 0.05) is 99.0 Å². The molecule has 4 aromatic carbocycles. The summed E-state index contributed by atoms with van der Waals surface area (Å²) >= 11 is 11.2. The summed E-state index contributed by atoms with van der Waals surface area (Å²) < 4.78 is 10.3. The number of hydrogen-bond acceptors (Lipinski definition) is 14. The van der Waals surface area contributed by atoms with Gasteiger partial charge in [-0.1, -0.05) is 56.0 Å². The van der Waals surface area contributed by atoms with Crippen LogP contribution in [0.5, 0.6) is 0 Å². The topological polar surface area (TPSA) is 285 Å². The van der Waals surface area contributed by atoms with E-state index < -0.39 is 40.7 Å². The fourth-order valence-electron chi connectivity index (χ4n) is 7.71. The number of halogens is 2. The Morgan fingerprint density at radius 3 is 0.935 bits per heavy atom. The van der Waals surface area contributed by atoms with Gasteiger partial charge in [0.25, 0.3) is 0 Å². The molecule has 0 heterocycles. The van der Waals surface area contributed by atoms with Crippen molar-refractivity contribution < 1.29 is 57.4 Å². The van der Waals surface area contributed by atoms with E-state index >= 15 is 0 Å². The molecule has 2 aliphatic carbocycles. The second kappa shape index (κ2) is 28.6. The van der Waals surface area contributed by atoms with Crippen LogP contribution in [0.15, 0.2) is 72.8 Å². The van der Waals surface area contributed by atoms with Crippen LogP contribution in [0.2, 0.25) is 0 Å². The summed E-state index contributed by atoms with van der Waals surface area (Å²) in [5, 5.41) is 22.1. The zero-order chi connectivity index (χ0) is 55.7. The molecule has 6 amide bonds. The lowest BCUT2D eigenvalue weighted by Gasteiger charge is -2.22. The molecule has 0 saturated heterocycles. The van der Waals surface area contributed by atoms with Crippen molar-refractivity contribution >= 4 is 105 Å². The molecule has 0 atom stereocenters. The fraction of sp³-hybridized carbons (Fsp3) is 0.382. The molecule has 20 nitrogen and oxygen atoms in total. The van der Waals surface area contributed by atoms with Gasteiger partial charge < -0.3 is 52.0 Å². The van der Waals surface area contributed by atoms with Gasteiger partial charge in [-0.3, -0.25) is 38.4 Å². The highest BCUT2D eigenvalue weighted by Crippen LogP contribution is 2.37. The number of alkyl halides is 2. The third-order valence-corrected chi connectivity index (χ3v) is 11.3. The zero-order valence-electron chi connectivity index (χ0n) is 43.1. The van der Waals surface area contributed by atoms with Gasteiger partial charge in [0.2, 0.25) is 23.6 Å². The van der Waals surface area contributed by atoms with Gasteiger partial charge in [0.1, 0.15) is 11.2 Å². The summed E-state index contributed by atoms with van der Waals surface area (Å²) in [6, 6.07) is 18.7. The van der Waals surface area contributed by atoms with E-state index in [9.17, 15) is 47.9 Å². The van der Waals surface area contributed by atoms with Crippen LogP contribution in [-0.4, -0.2) is 121 Å². The summed E-state index contributed by atoms with van der Waals surface area (Å²) in [5.74, 6) is -2.92. The molecule has 2 aliphatic rings. The monoisotopic (exact) mass is 1100 g/mol. The van der Waals surface area contributed by atoms with E-state index in [2.05, 4.69) is 42.5 Å². The molecule has 0 aliphatic heterocycles. The van der Waals surface area contributed by atoms with E-state index in [4.69, 9.17) is 32.7 Å². The predicted octanol–water partition coefficient (Wildman–Crippen LogP) is 7.58. The average molecular weight is 1100 g/mol. The Hall–Kier alpha value is -7.52. The Morgan fingerprint density at radius 2 is 0.675 bits per heavy atom. The van der Waals surface area contributed by atoms with Gasteiger partial charge >= 0.3 is 12.2 Å². The maximum atomic E-state index is 13.8. The smallest absolute Gasteiger partial charge is 0.407 e. The van der Waals surface area contributed by atoms with Crippen LogP contribution in [0.1, 0.15) is 138 Å². The van der Waals surface area contributed by atoms with Crippen molar-refractivity contribution in [2.24, 2.45) is 0 Å². The summed E-state index contributed by atoms with van der Waals surface area (Å²) in [7, 11) is 0. The number of rotatable bonds is 20. The number of nitrogens with one attached hydrogen (secondary N) is 8. The highest BCUT2D eigenvalue weighted by Gasteiger charge is 2.36. The molecule has 0 radical (unpaired) electrons. The average Bonchev–Trinajstić information content (AvgIpc) is 3.33. The third-order valence-electron chi connectivity index (χ3n) is 10.9. The predicted molar refractivity (Wildman–Crippen MR) is 295 cm³/mol. The number of alkyl carbamates (subject to hydrolysis) is 2. The maximum Gasteiger partial charge on any atom is 0.407 e. The Labute approximate surface area is 457 Å². The lowest BCUT2D eigenvalue weighted by atomic mass is 9.82. The van der Waals surface area contributed by atoms with Gasteiger partial charge in [-0.15, -0.1) is 23.2 Å². The summed E-state index contributed by atoms with van der Waals surface area (Å²) in [4.78, 5) is 126. The summed E-state index contributed by atoms with van der Waals surface area (Å²) in [6.45, 7) is 12.7. The van der Waals surface area contributed by atoms with Crippen LogP contribution in [0.4, 0.5) is 32.3 Å². The lowest BCUT2D eigenvalue weighted by Crippen LogP contribution is -2.37. The molecular weight excluding hydrogens is 1040 g/mol. The van der Waals surface area contributed by atoms with E-state index in [1.807, 2.05) is 0 Å². The number of anilines is 4. The molecule has 6 rings (SSSR count). The Morgan fingerprint density at radius 1 is 0.403 bits per heavy atom. The number of amides is 6. The lowest BCUT2D eigenvalue weighted by molar-refractivity contribution is -0.116. The van der Waals surface area contributed by atoms with Gasteiger partial charge in [-0.05, 0) is 65.8 Å². The van der Waals surface area contributed by atoms with Crippen LogP contribution in [0.25, 0.3) is 0 Å². The van der Waals surface area contributed by atoms with E-state index in [0.29, 0.717) is 39.3 Å². The molecule has 412 valence electrons. The van der Waals surface area contributed by atoms with E-state index in [-0.39, 0.29) is 142 Å². The number of hydrogen-bond donors (Lipinski definition) is 8. The van der Waals surface area contributed by atoms with Gasteiger partial charge in [-0.25, -0.2) is 9.59 Å². The van der Waals surface area contributed by atoms with Crippen molar-refractivity contribution in [2.45, 2.75) is 85.9 Å². The van der Waals surface area contributed by atoms with Crippen LogP contribution in [-0.2, 0) is 28.7 Å². The fourth-order valence-corrected chi connectivity index (χ4v) is 8.06. The number of fused-ring (bicyclic) bond motifs is 4. The summed E-state index contributed by atoms with van der Waals surface area (Å²) in [6.07, 6.45) is -0.772. The number of ether oxygens (including phenoxy) is 2. The van der Waals surface area contributed by atoms with Crippen LogP contribution in [0, 0.1) is 0 Å². The minimum Gasteiger partial charge on any atom is -0.444 e. The molecular formula is C55H66Cl2N8O12. The SMILES string of the molecule is C.CC(C)(C)OC(=O)NCCNCCC(=O)Nc1cccc2c1C(=O)c1c(NC(=O)CCNCCNC(=O)OC(C)(C)C)cccc1C2=O.O=C(CCCl)Nc1cccc2c1C(=O)c1c(NC(=O)CCCl)cccc1C2=O. The van der Waals surface area contributed by atoms with Crippen LogP contribution >= 0.6 is 23.2 Å². The van der Waals surface area contributed by atoms with Crippen molar-refractivity contribution in [1.29, 1.82) is 0 Å². The molecule has 22 heteroatoms. The van der Waals surface area contributed by atoms with Crippen molar-refractivity contribution in [3.8, 4) is 0 Å². The minimum atomic E-state index is -0.598. The second-order valence-corrected chi connectivity index (χ2v) is 19.9. The van der Waals surface area contributed by atoms with Gasteiger partial charge in [0.15, 0.2) is 23.1 Å². The Bertz CT molecular complexity index is 2710. The molecule has 0 unspecified atom stereocenters. The Kier molecular flexibility index (Phi) is 23.0. The molecule has 8 N–H and O–H groups in total. The van der Waals surface area contributed by atoms with Crippen molar-refractivity contribution in [1.82, 2.24) is 21.3 Å². The van der Waals surface area contributed by atoms with Crippen LogP contribution < -0.4 is 42.5 Å². The van der Waals surface area contributed by atoms with E-state index in [1.54, 1.807) is 90.1 Å². The molecule has 0 aromatic heterocycles. The van der Waals surface area contributed by atoms with Gasteiger partial charge in [0.05, 0.1) is 45.0 Å². The first-order valence-corrected chi connectivity index (χ1v) is 25.5. The Balaban J connectivity index is 0.000000374. The van der Waals surface area contributed by atoms with E-state index in [1.165, 1.54) is 24.3 Å². The second-order valence-electron chi connectivity index (χ2n) is 19.2. The molecule has 0 fully saturated rings. The highest BCUT2D eigenvalue weighted by atomic mass is 35.5. The number of carbonyl (C=O) groups excluding carboxylic acids is 10. The first-order chi connectivity index (χ1) is 36.0. The minimum absolute atomic E-state index is 0. The number of benzene rings is 4. The third kappa shape index (κ3) is 17.8. The van der Waals surface area contributed by atoms with Crippen molar-refractivity contribution in [3.63, 3.8) is 0 Å². The quantitative estimate of drug-likeness (QED) is 0.0270. The molecule has 77 heavy (non-hydrogen) atoms. The number of carbonyl (C=O) groups is 10. The highest BCUT2D eigenvalue weighted by molar-refractivity contribution is 6.34. The largest absolute Gasteiger partial charge is 0.444 e. The zero-order valence-corrected chi connectivity index (χ0v) is 44.6.